The Labute approximate surface area is 396 Å². The van der Waals surface area contributed by atoms with Gasteiger partial charge in [0.25, 0.3) is 11.8 Å². The van der Waals surface area contributed by atoms with Gasteiger partial charge in [-0.05, 0) is 74.8 Å². The number of ether oxygens (including phenoxy) is 1. The van der Waals surface area contributed by atoms with Crippen molar-refractivity contribution < 1.29 is 37.9 Å². The molecule has 4 N–H and O–H groups in total. The maximum absolute atomic E-state index is 14.5. The number of hydrogen-bond acceptors (Lipinski definition) is 13. The van der Waals surface area contributed by atoms with Crippen LogP contribution >= 0.6 is 22.7 Å². The highest BCUT2D eigenvalue weighted by Crippen LogP contribution is 2.37. The first kappa shape index (κ1) is 47.0. The summed E-state index contributed by atoms with van der Waals surface area (Å²) in [5, 5.41) is 16.4. The van der Waals surface area contributed by atoms with Crippen molar-refractivity contribution in [2.45, 2.75) is 108 Å². The average molecular weight is 950 g/mol. The second kappa shape index (κ2) is 21.9. The third-order valence-corrected chi connectivity index (χ3v) is 14.0. The van der Waals surface area contributed by atoms with Crippen LogP contribution in [0.15, 0.2) is 82.1 Å². The second-order valence-corrected chi connectivity index (χ2v) is 19.3. The molecule has 5 atom stereocenters. The van der Waals surface area contributed by atoms with Crippen LogP contribution in [0.5, 0.6) is 0 Å². The number of aromatic nitrogens is 3. The van der Waals surface area contributed by atoms with Crippen LogP contribution in [0.1, 0.15) is 119 Å². The van der Waals surface area contributed by atoms with Crippen LogP contribution in [0.2, 0.25) is 0 Å². The van der Waals surface area contributed by atoms with E-state index in [1.807, 2.05) is 74.5 Å². The van der Waals surface area contributed by atoms with Crippen LogP contribution in [-0.2, 0) is 32.1 Å². The SMILES string of the molecule is CC(C)C[C@H]1NC(=O)c2csc(n2)[C@@H](Cc2ccccc2)NC(=O)[C@H](CCCCNC(=O)OCc2ccccc2)NC(=O)[C@@H]2CCCN2C(=O)c2coc(n2)-c2csc(n2)[C@@H]2CCCN2C1=O. The Balaban J connectivity index is 1.07. The van der Waals surface area contributed by atoms with Crippen LogP contribution in [-0.4, -0.2) is 98.1 Å². The van der Waals surface area contributed by atoms with Gasteiger partial charge in [-0.25, -0.2) is 19.7 Å². The number of unbranched alkanes of at least 4 members (excludes halogenated alkanes) is 1. The van der Waals surface area contributed by atoms with Gasteiger partial charge in [0.2, 0.25) is 23.6 Å². The molecule has 5 aromatic rings. The molecule has 2 fully saturated rings. The van der Waals surface area contributed by atoms with Crippen molar-refractivity contribution in [1.29, 1.82) is 0 Å². The smallest absolute Gasteiger partial charge is 0.407 e. The van der Waals surface area contributed by atoms with Crippen molar-refractivity contribution >= 4 is 58.3 Å². The number of rotatable bonds is 11. The van der Waals surface area contributed by atoms with Crippen molar-refractivity contribution in [1.82, 2.24) is 46.0 Å². The summed E-state index contributed by atoms with van der Waals surface area (Å²) in [6.45, 7) is 5.17. The van der Waals surface area contributed by atoms with Crippen molar-refractivity contribution in [2.24, 2.45) is 5.92 Å². The molecule has 0 radical (unpaired) electrons. The summed E-state index contributed by atoms with van der Waals surface area (Å²) in [6, 6.07) is 15.1. The number of fused-ring (bicyclic) bond motifs is 10. The Bertz CT molecular complexity index is 2530. The normalized spacial score (nSPS) is 21.5. The lowest BCUT2D eigenvalue weighted by Crippen LogP contribution is -2.53. The fraction of sp³-hybridized carbons (Fsp3) is 0.438. The first-order valence-corrected chi connectivity index (χ1v) is 24.6. The summed E-state index contributed by atoms with van der Waals surface area (Å²) in [6.07, 6.45) is 4.88. The Kier molecular flexibility index (Phi) is 15.4. The summed E-state index contributed by atoms with van der Waals surface area (Å²) in [7, 11) is 0. The third kappa shape index (κ3) is 11.7. The van der Waals surface area contributed by atoms with E-state index in [1.165, 1.54) is 33.8 Å². The third-order valence-electron chi connectivity index (χ3n) is 12.1. The number of nitrogens with one attached hydrogen (secondary N) is 4. The lowest BCUT2D eigenvalue weighted by atomic mass is 10.0. The van der Waals surface area contributed by atoms with Gasteiger partial charge in [0.05, 0.1) is 12.1 Å². The van der Waals surface area contributed by atoms with Gasteiger partial charge >= 0.3 is 6.09 Å². The molecule has 2 aromatic carbocycles. The molecule has 8 rings (SSSR count). The van der Waals surface area contributed by atoms with Crippen molar-refractivity contribution in [3.05, 3.63) is 110 Å². The van der Waals surface area contributed by atoms with Gasteiger partial charge < -0.3 is 40.2 Å². The minimum atomic E-state index is -1.05. The molecule has 2 saturated heterocycles. The summed E-state index contributed by atoms with van der Waals surface area (Å²) in [5.41, 5.74) is 2.30. The zero-order valence-electron chi connectivity index (χ0n) is 37.5. The molecular weight excluding hydrogens is 895 g/mol. The van der Waals surface area contributed by atoms with Crippen LogP contribution < -0.4 is 21.3 Å². The minimum Gasteiger partial charge on any atom is -0.445 e. The predicted octanol–water partition coefficient (Wildman–Crippen LogP) is 6.36. The number of nitrogens with zero attached hydrogens (tertiary/aromatic N) is 5. The molecule has 6 amide bonds. The molecule has 3 aliphatic rings. The summed E-state index contributed by atoms with van der Waals surface area (Å²) in [5.74, 6) is -1.98. The summed E-state index contributed by atoms with van der Waals surface area (Å²) in [4.78, 5) is 101. The Hall–Kier alpha value is -6.47. The minimum absolute atomic E-state index is 0.0132. The summed E-state index contributed by atoms with van der Waals surface area (Å²) < 4.78 is 11.1. The lowest BCUT2D eigenvalue weighted by molar-refractivity contribution is -0.134. The Morgan fingerprint density at radius 3 is 2.19 bits per heavy atom. The quantitative estimate of drug-likeness (QED) is 0.107. The van der Waals surface area contributed by atoms with Crippen LogP contribution in [0.4, 0.5) is 4.79 Å². The largest absolute Gasteiger partial charge is 0.445 e. The van der Waals surface area contributed by atoms with Crippen molar-refractivity contribution in [3.63, 3.8) is 0 Å². The highest BCUT2D eigenvalue weighted by molar-refractivity contribution is 7.10. The average Bonchev–Trinajstić information content (AvgIpc) is 4.19. The maximum Gasteiger partial charge on any atom is 0.407 e. The van der Waals surface area contributed by atoms with E-state index in [0.29, 0.717) is 73.7 Å². The van der Waals surface area contributed by atoms with E-state index in [1.54, 1.807) is 15.7 Å². The van der Waals surface area contributed by atoms with E-state index in [2.05, 4.69) is 26.3 Å². The number of amides is 6. The Morgan fingerprint density at radius 2 is 1.43 bits per heavy atom. The zero-order valence-corrected chi connectivity index (χ0v) is 39.1. The summed E-state index contributed by atoms with van der Waals surface area (Å²) >= 11 is 2.58. The lowest BCUT2D eigenvalue weighted by Gasteiger charge is -2.29. The molecule has 6 bridgehead atoms. The van der Waals surface area contributed by atoms with Gasteiger partial charge in [0.15, 0.2) is 5.69 Å². The topological polar surface area (TPSA) is 218 Å². The van der Waals surface area contributed by atoms with Gasteiger partial charge in [-0.2, -0.15) is 0 Å². The molecule has 3 aliphatic heterocycles. The fourth-order valence-electron chi connectivity index (χ4n) is 8.72. The van der Waals surface area contributed by atoms with E-state index >= 15 is 0 Å². The molecule has 0 unspecified atom stereocenters. The van der Waals surface area contributed by atoms with E-state index in [9.17, 15) is 28.8 Å². The van der Waals surface area contributed by atoms with E-state index in [0.717, 1.165) is 17.5 Å². The molecule has 19 heteroatoms. The standard InChI is InChI=1S/C48H55N9O8S2/c1-29(2)23-34-46(61)57-22-12-19-39(57)45-55-37(28-67-45)43-53-35(26-64-43)47(62)56-21-11-18-38(56)42(60)50-32(17-9-10-20-49-48(63)65-25-31-15-7-4-8-16-31)40(58)51-33(24-30-13-5-3-6-14-30)44-54-36(27-66-44)41(59)52-34/h3-8,13-16,26-29,32-34,38-39H,9-12,17-25H2,1-2H3,(H,49,63)(H,50,60)(H,51,58)(H,52,59)/t32-,33+,34+,38-,39-/m0/s1. The molecule has 0 aliphatic carbocycles. The first-order valence-electron chi connectivity index (χ1n) is 22.9. The number of carbonyl (C=O) groups excluding carboxylic acids is 6. The van der Waals surface area contributed by atoms with Gasteiger partial charge in [0.1, 0.15) is 52.4 Å². The van der Waals surface area contributed by atoms with Gasteiger partial charge in [-0.15, -0.1) is 22.7 Å². The van der Waals surface area contributed by atoms with E-state index in [-0.39, 0.29) is 54.7 Å². The molecule has 6 heterocycles. The molecule has 17 nitrogen and oxygen atoms in total. The number of thiazole rings is 2. The number of alkyl carbamates (subject to hydrolysis) is 1. The van der Waals surface area contributed by atoms with Crippen LogP contribution in [0, 0.1) is 5.92 Å². The van der Waals surface area contributed by atoms with Crippen molar-refractivity contribution in [3.8, 4) is 11.6 Å². The fourth-order valence-corrected chi connectivity index (χ4v) is 10.5. The van der Waals surface area contributed by atoms with Gasteiger partial charge in [0, 0.05) is 30.4 Å². The molecule has 352 valence electrons. The molecule has 3 aromatic heterocycles. The van der Waals surface area contributed by atoms with Crippen molar-refractivity contribution in [2.75, 3.05) is 19.6 Å². The van der Waals surface area contributed by atoms with E-state index in [4.69, 9.17) is 19.1 Å². The zero-order chi connectivity index (χ0) is 46.9. The van der Waals surface area contributed by atoms with E-state index < -0.39 is 53.9 Å². The second-order valence-electron chi connectivity index (χ2n) is 17.5. The van der Waals surface area contributed by atoms with Gasteiger partial charge in [-0.3, -0.25) is 24.0 Å². The molecule has 0 spiro atoms. The number of hydrogen-bond donors (Lipinski definition) is 4. The number of benzene rings is 2. The highest BCUT2D eigenvalue weighted by atomic mass is 32.1. The van der Waals surface area contributed by atoms with Crippen LogP contribution in [0.25, 0.3) is 11.6 Å². The Morgan fingerprint density at radius 1 is 0.761 bits per heavy atom. The molecule has 67 heavy (non-hydrogen) atoms. The predicted molar refractivity (Wildman–Crippen MR) is 250 cm³/mol. The number of oxazole rings is 1. The van der Waals surface area contributed by atoms with Gasteiger partial charge in [-0.1, -0.05) is 74.5 Å². The maximum atomic E-state index is 14.5. The monoisotopic (exact) mass is 949 g/mol. The van der Waals surface area contributed by atoms with Crippen LogP contribution in [0.3, 0.4) is 0 Å². The molecular formula is C48H55N9O8S2. The number of carbonyl (C=O) groups is 6. The highest BCUT2D eigenvalue weighted by Gasteiger charge is 2.40. The first-order chi connectivity index (χ1) is 32.5. The molecule has 0 saturated carbocycles.